The molecule has 2 aromatic heterocycles. The molecular weight excluding hydrogens is 603 g/mol. The van der Waals surface area contributed by atoms with Crippen molar-refractivity contribution in [2.24, 2.45) is 11.8 Å². The summed E-state index contributed by atoms with van der Waals surface area (Å²) in [7, 11) is 0. The zero-order chi connectivity index (χ0) is 31.3. The van der Waals surface area contributed by atoms with E-state index in [-0.39, 0.29) is 12.1 Å². The number of hydrogen-bond acceptors (Lipinski definition) is 3. The van der Waals surface area contributed by atoms with Crippen molar-refractivity contribution in [3.63, 3.8) is 0 Å². The first-order valence-electron chi connectivity index (χ1n) is 14.8. The maximum Gasteiger partial charge on any atom is 0.416 e. The smallest absolute Gasteiger partial charge is 0.370 e. The zero-order valence-corrected chi connectivity index (χ0v) is 26.6. The first kappa shape index (κ1) is 30.5. The predicted molar refractivity (Wildman–Crippen MR) is 175 cm³/mol. The minimum absolute atomic E-state index is 0.304. The number of halogens is 4. The molecule has 1 N–H and O–H groups in total. The number of anilines is 2. The molecule has 4 heterocycles. The Hall–Kier alpha value is -3.56. The summed E-state index contributed by atoms with van der Waals surface area (Å²) in [5.41, 5.74) is 4.99. The van der Waals surface area contributed by atoms with Crippen LogP contribution in [-0.4, -0.2) is 27.8 Å². The van der Waals surface area contributed by atoms with Gasteiger partial charge in [0.25, 0.3) is 0 Å². The molecule has 230 valence electrons. The van der Waals surface area contributed by atoms with E-state index in [9.17, 15) is 13.2 Å². The highest BCUT2D eigenvalue weighted by Gasteiger charge is 2.42. The number of benzene rings is 2. The lowest BCUT2D eigenvalue weighted by Gasteiger charge is -2.37. The summed E-state index contributed by atoms with van der Waals surface area (Å²) in [6, 6.07) is 18.7. The van der Waals surface area contributed by atoms with Crippen LogP contribution in [0.15, 0.2) is 72.9 Å². The third-order valence-corrected chi connectivity index (χ3v) is 9.35. The van der Waals surface area contributed by atoms with Gasteiger partial charge in [-0.3, -0.25) is 4.98 Å². The third kappa shape index (κ3) is 5.68. The summed E-state index contributed by atoms with van der Waals surface area (Å²) >= 11 is 12.9. The molecule has 2 aliphatic heterocycles. The van der Waals surface area contributed by atoms with Crippen LogP contribution in [-0.2, 0) is 6.18 Å². The van der Waals surface area contributed by atoms with Crippen LogP contribution in [0.25, 0.3) is 5.69 Å². The van der Waals surface area contributed by atoms with Crippen molar-refractivity contribution in [1.82, 2.24) is 14.9 Å². The van der Waals surface area contributed by atoms with E-state index in [1.807, 2.05) is 48.7 Å². The van der Waals surface area contributed by atoms with Crippen molar-refractivity contribution in [1.29, 1.82) is 0 Å². The van der Waals surface area contributed by atoms with E-state index in [4.69, 9.17) is 23.8 Å². The van der Waals surface area contributed by atoms with Crippen LogP contribution in [0.2, 0.25) is 5.02 Å². The summed E-state index contributed by atoms with van der Waals surface area (Å²) in [6.07, 6.45) is -1.49. The highest BCUT2D eigenvalue weighted by atomic mass is 35.5. The van der Waals surface area contributed by atoms with Gasteiger partial charge in [0.1, 0.15) is 0 Å². The highest BCUT2D eigenvalue weighted by molar-refractivity contribution is 7.80. The van der Waals surface area contributed by atoms with Gasteiger partial charge in [0.05, 0.1) is 34.1 Å². The Balaban J connectivity index is 1.44. The van der Waals surface area contributed by atoms with Crippen molar-refractivity contribution >= 4 is 40.3 Å². The number of nitrogens with one attached hydrogen (secondary N) is 1. The van der Waals surface area contributed by atoms with Crippen LogP contribution >= 0.6 is 23.8 Å². The van der Waals surface area contributed by atoms with Crippen LogP contribution in [0.4, 0.5) is 24.5 Å². The second-order valence-electron chi connectivity index (χ2n) is 12.2. The quantitative estimate of drug-likeness (QED) is 0.221. The second-order valence-corrected chi connectivity index (χ2v) is 13.0. The molecule has 44 heavy (non-hydrogen) atoms. The largest absolute Gasteiger partial charge is 0.416 e. The normalized spacial score (nSPS) is 22.4. The van der Waals surface area contributed by atoms with E-state index < -0.39 is 11.7 Å². The van der Waals surface area contributed by atoms with E-state index in [1.54, 1.807) is 12.3 Å². The van der Waals surface area contributed by atoms with Gasteiger partial charge in [0.15, 0.2) is 5.11 Å². The number of aromatic nitrogens is 2. The van der Waals surface area contributed by atoms with Crippen LogP contribution in [0.1, 0.15) is 60.6 Å². The van der Waals surface area contributed by atoms with Crippen LogP contribution < -0.4 is 15.1 Å². The number of thiocarbonyl (C=S) groups is 1. The summed E-state index contributed by atoms with van der Waals surface area (Å²) in [6.45, 7) is 10.3. The number of aryl methyl sites for hydroxylation is 1. The van der Waals surface area contributed by atoms with E-state index in [0.717, 1.165) is 53.2 Å². The summed E-state index contributed by atoms with van der Waals surface area (Å²) in [5.74, 6) is 1.17. The number of pyridine rings is 1. The van der Waals surface area contributed by atoms with Gasteiger partial charge < -0.3 is 19.7 Å². The van der Waals surface area contributed by atoms with E-state index in [2.05, 4.69) is 46.1 Å². The first-order valence-corrected chi connectivity index (χ1v) is 15.6. The minimum Gasteiger partial charge on any atom is -0.370 e. The lowest BCUT2D eigenvalue weighted by Crippen LogP contribution is -2.38. The van der Waals surface area contributed by atoms with Gasteiger partial charge in [0.2, 0.25) is 0 Å². The van der Waals surface area contributed by atoms with E-state index >= 15 is 0 Å². The molecule has 4 atom stereocenters. The molecule has 2 saturated heterocycles. The molecule has 0 unspecified atom stereocenters. The van der Waals surface area contributed by atoms with Crippen molar-refractivity contribution in [2.75, 3.05) is 22.9 Å². The molecule has 4 aromatic rings. The van der Waals surface area contributed by atoms with Gasteiger partial charge in [-0.25, -0.2) is 0 Å². The zero-order valence-electron chi connectivity index (χ0n) is 25.1. The first-order chi connectivity index (χ1) is 20.9. The van der Waals surface area contributed by atoms with Crippen LogP contribution in [0, 0.1) is 25.7 Å². The maximum atomic E-state index is 13.6. The molecule has 0 bridgehead atoms. The standard InChI is InChI=1S/C34H35ClF3N5S/c1-20-14-21(2)19-41(18-20)30-12-11-26(17-28(30)35)43-32(31(40-33(43)44)29-10-5-6-13-39-29)27-15-22(3)42(23(27)4)25-9-7-8-24(16-25)34(36,37)38/h5-13,15-17,20-21,31-32H,14,18-19H2,1-4H3,(H,40,44)/t20-,21+,31-,32-/m0/s1. The maximum absolute atomic E-state index is 13.6. The number of rotatable bonds is 5. The molecule has 0 amide bonds. The molecule has 5 nitrogen and oxygen atoms in total. The molecule has 0 saturated carbocycles. The SMILES string of the molecule is Cc1cc([C@H]2[C@H](c3ccccn3)NC(=S)N2c2ccc(N3C[C@H](C)C[C@H](C)C3)c(Cl)c2)c(C)n1-c1cccc(C(F)(F)F)c1. The average molecular weight is 638 g/mol. The molecule has 0 spiro atoms. The third-order valence-electron chi connectivity index (χ3n) is 8.74. The van der Waals surface area contributed by atoms with Gasteiger partial charge in [-0.1, -0.05) is 37.6 Å². The molecule has 2 aromatic carbocycles. The van der Waals surface area contributed by atoms with Gasteiger partial charge in [-0.15, -0.1) is 0 Å². The van der Waals surface area contributed by atoms with Gasteiger partial charge in [0, 0.05) is 42.0 Å². The molecular formula is C34H35ClF3N5S. The fourth-order valence-electron chi connectivity index (χ4n) is 7.02. The lowest BCUT2D eigenvalue weighted by molar-refractivity contribution is -0.137. The molecule has 10 heteroatoms. The van der Waals surface area contributed by atoms with Gasteiger partial charge in [-0.05, 0) is 104 Å². The van der Waals surface area contributed by atoms with Gasteiger partial charge >= 0.3 is 6.18 Å². The fraction of sp³-hybridized carbons (Fsp3) is 0.353. The van der Waals surface area contributed by atoms with Gasteiger partial charge in [-0.2, -0.15) is 13.2 Å². The molecule has 6 rings (SSSR count). The predicted octanol–water partition coefficient (Wildman–Crippen LogP) is 8.82. The van der Waals surface area contributed by atoms with Crippen molar-refractivity contribution in [2.45, 2.75) is 52.4 Å². The second kappa shape index (κ2) is 11.7. The monoisotopic (exact) mass is 637 g/mol. The van der Waals surface area contributed by atoms with E-state index in [1.165, 1.54) is 18.6 Å². The molecule has 0 radical (unpaired) electrons. The minimum atomic E-state index is -4.44. The Morgan fingerprint density at radius 3 is 2.34 bits per heavy atom. The molecule has 2 fully saturated rings. The number of piperidine rings is 1. The van der Waals surface area contributed by atoms with Crippen molar-refractivity contribution in [3.8, 4) is 5.69 Å². The van der Waals surface area contributed by atoms with Crippen molar-refractivity contribution in [3.05, 3.63) is 106 Å². The Morgan fingerprint density at radius 2 is 1.68 bits per heavy atom. The Morgan fingerprint density at radius 1 is 0.932 bits per heavy atom. The fourth-order valence-corrected chi connectivity index (χ4v) is 7.66. The average Bonchev–Trinajstić information content (AvgIpc) is 3.47. The Kier molecular flexibility index (Phi) is 8.13. The van der Waals surface area contributed by atoms with Crippen molar-refractivity contribution < 1.29 is 13.2 Å². The summed E-state index contributed by atoms with van der Waals surface area (Å²) in [4.78, 5) is 9.07. The summed E-state index contributed by atoms with van der Waals surface area (Å²) < 4.78 is 42.7. The number of hydrogen-bond donors (Lipinski definition) is 1. The van der Waals surface area contributed by atoms with Crippen LogP contribution in [0.5, 0.6) is 0 Å². The topological polar surface area (TPSA) is 36.3 Å². The van der Waals surface area contributed by atoms with E-state index in [0.29, 0.717) is 27.7 Å². The molecule has 2 aliphatic rings. The molecule has 0 aliphatic carbocycles. The highest BCUT2D eigenvalue weighted by Crippen LogP contribution is 2.45. The number of nitrogens with zero attached hydrogens (tertiary/aromatic N) is 4. The summed E-state index contributed by atoms with van der Waals surface area (Å²) in [5, 5.41) is 4.66. The number of alkyl halides is 3. The lowest BCUT2D eigenvalue weighted by atomic mass is 9.91. The Bertz CT molecular complexity index is 1680. The Labute approximate surface area is 266 Å². The van der Waals surface area contributed by atoms with Crippen LogP contribution in [0.3, 0.4) is 0 Å².